The number of nitrogens with zero attached hydrogens (tertiary/aromatic N) is 2. The van der Waals surface area contributed by atoms with Crippen LogP contribution in [0.2, 0.25) is 0 Å². The van der Waals surface area contributed by atoms with Gasteiger partial charge in [-0.1, -0.05) is 12.1 Å². The molecule has 1 aromatic heterocycles. The van der Waals surface area contributed by atoms with Crippen molar-refractivity contribution in [1.82, 2.24) is 14.5 Å². The fourth-order valence-electron chi connectivity index (χ4n) is 2.70. The molecular formula is C19H26N4O5S. The van der Waals surface area contributed by atoms with Crippen LogP contribution in [-0.2, 0) is 31.4 Å². The van der Waals surface area contributed by atoms with Crippen LogP contribution >= 0.6 is 0 Å². The van der Waals surface area contributed by atoms with Gasteiger partial charge in [-0.05, 0) is 51.8 Å². The molecule has 1 atom stereocenters. The Morgan fingerprint density at radius 3 is 2.45 bits per heavy atom. The van der Waals surface area contributed by atoms with E-state index in [1.165, 1.54) is 13.0 Å². The number of carbonyl (C=O) groups excluding carboxylic acids is 2. The van der Waals surface area contributed by atoms with Gasteiger partial charge in [0.25, 0.3) is 5.91 Å². The lowest BCUT2D eigenvalue weighted by Gasteiger charge is -2.14. The summed E-state index contributed by atoms with van der Waals surface area (Å²) < 4.78 is 33.8. The van der Waals surface area contributed by atoms with Crippen LogP contribution in [0.5, 0.6) is 0 Å². The van der Waals surface area contributed by atoms with Crippen molar-refractivity contribution in [3.05, 3.63) is 40.7 Å². The van der Waals surface area contributed by atoms with Crippen molar-refractivity contribution in [2.45, 2.75) is 45.6 Å². The quantitative estimate of drug-likeness (QED) is 0.653. The number of benzene rings is 1. The lowest BCUT2D eigenvalue weighted by molar-refractivity contribution is -0.151. The van der Waals surface area contributed by atoms with Gasteiger partial charge in [-0.15, -0.1) is 0 Å². The summed E-state index contributed by atoms with van der Waals surface area (Å²) >= 11 is 0. The number of hydrogen-bond acceptors (Lipinski definition) is 6. The molecule has 0 bridgehead atoms. The summed E-state index contributed by atoms with van der Waals surface area (Å²) in [5.41, 5.74) is 3.29. The molecule has 0 saturated heterocycles. The van der Waals surface area contributed by atoms with Crippen LogP contribution < -0.4 is 10.0 Å². The summed E-state index contributed by atoms with van der Waals surface area (Å²) in [6.07, 6.45) is -1.10. The molecule has 2 aromatic rings. The first kappa shape index (κ1) is 22.6. The Bertz CT molecular complexity index is 1040. The van der Waals surface area contributed by atoms with Gasteiger partial charge >= 0.3 is 5.97 Å². The Balaban J connectivity index is 1.96. The molecule has 9 nitrogen and oxygen atoms in total. The Labute approximate surface area is 170 Å². The van der Waals surface area contributed by atoms with Crippen molar-refractivity contribution < 1.29 is 22.7 Å². The van der Waals surface area contributed by atoms with Gasteiger partial charge in [-0.2, -0.15) is 9.82 Å². The topological polar surface area (TPSA) is 119 Å². The number of carbonyl (C=O) groups is 2. The van der Waals surface area contributed by atoms with Crippen molar-refractivity contribution in [3.63, 3.8) is 0 Å². The Morgan fingerprint density at radius 2 is 1.86 bits per heavy atom. The number of aryl methyl sites for hydroxylation is 4. The predicted octanol–water partition coefficient (Wildman–Crippen LogP) is 1.50. The van der Waals surface area contributed by atoms with Crippen LogP contribution in [0.25, 0.3) is 0 Å². The molecule has 1 amide bonds. The molecule has 0 spiro atoms. The smallest absolute Gasteiger partial charge is 0.321 e. The molecule has 0 saturated carbocycles. The number of ether oxygens (including phenoxy) is 1. The first-order valence-electron chi connectivity index (χ1n) is 9.00. The second-order valence-corrected chi connectivity index (χ2v) is 8.62. The summed E-state index contributed by atoms with van der Waals surface area (Å²) in [6.45, 7) is 7.82. The van der Waals surface area contributed by atoms with Gasteiger partial charge in [0.15, 0.2) is 6.10 Å². The third kappa shape index (κ3) is 5.42. The van der Waals surface area contributed by atoms with Gasteiger partial charge in [-0.25, -0.2) is 8.42 Å². The SMILES string of the molecule is Cc1ccc(C)c(S(=O)(=O)NCC(=O)O[C@H](C)C(=O)Nc2c(C)nn(C)c2C)c1. The highest BCUT2D eigenvalue weighted by Crippen LogP contribution is 2.19. The van der Waals surface area contributed by atoms with Crippen LogP contribution in [-0.4, -0.2) is 42.7 Å². The minimum atomic E-state index is -3.88. The fourth-order valence-corrected chi connectivity index (χ4v) is 4.00. The summed E-state index contributed by atoms with van der Waals surface area (Å²) in [5, 5.41) is 6.88. The number of aromatic nitrogens is 2. The summed E-state index contributed by atoms with van der Waals surface area (Å²) in [7, 11) is -2.13. The Morgan fingerprint density at radius 1 is 1.21 bits per heavy atom. The number of rotatable bonds is 7. The molecule has 0 aliphatic carbocycles. The van der Waals surface area contributed by atoms with Crippen molar-refractivity contribution in [2.24, 2.45) is 7.05 Å². The predicted molar refractivity (Wildman–Crippen MR) is 108 cm³/mol. The summed E-state index contributed by atoms with van der Waals surface area (Å²) in [5.74, 6) is -1.39. The van der Waals surface area contributed by atoms with Crippen molar-refractivity contribution >= 4 is 27.6 Å². The van der Waals surface area contributed by atoms with E-state index in [1.54, 1.807) is 51.6 Å². The van der Waals surface area contributed by atoms with E-state index in [-0.39, 0.29) is 4.90 Å². The second kappa shape index (κ2) is 8.75. The molecule has 1 aromatic carbocycles. The van der Waals surface area contributed by atoms with Crippen molar-refractivity contribution in [2.75, 3.05) is 11.9 Å². The number of sulfonamides is 1. The summed E-state index contributed by atoms with van der Waals surface area (Å²) in [6, 6.07) is 5.02. The molecule has 0 aliphatic heterocycles. The average Bonchev–Trinajstić information content (AvgIpc) is 2.88. The summed E-state index contributed by atoms with van der Waals surface area (Å²) in [4.78, 5) is 24.4. The third-order valence-corrected chi connectivity index (χ3v) is 6.02. The number of esters is 1. The maximum Gasteiger partial charge on any atom is 0.321 e. The molecule has 2 N–H and O–H groups in total. The van der Waals surface area contributed by atoms with Gasteiger partial charge < -0.3 is 10.1 Å². The largest absolute Gasteiger partial charge is 0.452 e. The van der Waals surface area contributed by atoms with Crippen LogP contribution in [0.15, 0.2) is 23.1 Å². The van der Waals surface area contributed by atoms with Crippen LogP contribution in [0.3, 0.4) is 0 Å². The number of nitrogens with one attached hydrogen (secondary N) is 2. The van der Waals surface area contributed by atoms with Crippen molar-refractivity contribution in [3.8, 4) is 0 Å². The van der Waals surface area contributed by atoms with Gasteiger partial charge in [-0.3, -0.25) is 14.3 Å². The van der Waals surface area contributed by atoms with E-state index in [4.69, 9.17) is 4.74 Å². The first-order valence-corrected chi connectivity index (χ1v) is 10.5. The number of hydrogen-bond donors (Lipinski definition) is 2. The van der Waals surface area contributed by atoms with E-state index in [0.29, 0.717) is 16.9 Å². The zero-order valence-electron chi connectivity index (χ0n) is 17.4. The van der Waals surface area contributed by atoms with E-state index in [2.05, 4.69) is 15.1 Å². The lowest BCUT2D eigenvalue weighted by atomic mass is 10.2. The second-order valence-electron chi connectivity index (χ2n) is 6.88. The zero-order chi connectivity index (χ0) is 21.9. The molecule has 0 aliphatic rings. The zero-order valence-corrected chi connectivity index (χ0v) is 18.2. The van der Waals surface area contributed by atoms with Crippen molar-refractivity contribution in [1.29, 1.82) is 0 Å². The molecule has 0 radical (unpaired) electrons. The molecule has 0 fully saturated rings. The monoisotopic (exact) mass is 422 g/mol. The van der Waals surface area contributed by atoms with Crippen LogP contribution in [0.1, 0.15) is 29.4 Å². The highest BCUT2D eigenvalue weighted by molar-refractivity contribution is 7.89. The van der Waals surface area contributed by atoms with Gasteiger partial charge in [0.1, 0.15) is 6.54 Å². The molecule has 0 unspecified atom stereocenters. The molecular weight excluding hydrogens is 396 g/mol. The standard InChI is InChI=1S/C19H26N4O5S/c1-11-7-8-12(2)16(9-11)29(26,27)20-10-17(24)28-15(5)19(25)21-18-13(3)22-23(6)14(18)4/h7-9,15,20H,10H2,1-6H3,(H,21,25)/t15-/m1/s1. The van der Waals surface area contributed by atoms with Crippen LogP contribution in [0.4, 0.5) is 5.69 Å². The molecule has 2 rings (SSSR count). The maximum absolute atomic E-state index is 12.4. The Kier molecular flexibility index (Phi) is 6.81. The van der Waals surface area contributed by atoms with E-state index >= 15 is 0 Å². The van der Waals surface area contributed by atoms with Crippen LogP contribution in [0, 0.1) is 27.7 Å². The minimum absolute atomic E-state index is 0.0959. The fraction of sp³-hybridized carbons (Fsp3) is 0.421. The first-order chi connectivity index (χ1) is 13.4. The Hall–Kier alpha value is -2.72. The molecule has 1 heterocycles. The number of amides is 1. The van der Waals surface area contributed by atoms with Gasteiger partial charge in [0.2, 0.25) is 10.0 Å². The third-order valence-electron chi connectivity index (χ3n) is 4.47. The molecule has 29 heavy (non-hydrogen) atoms. The highest BCUT2D eigenvalue weighted by atomic mass is 32.2. The van der Waals surface area contributed by atoms with E-state index in [9.17, 15) is 18.0 Å². The van der Waals surface area contributed by atoms with E-state index in [1.807, 2.05) is 0 Å². The minimum Gasteiger partial charge on any atom is -0.452 e. The van der Waals surface area contributed by atoms with E-state index in [0.717, 1.165) is 11.3 Å². The molecule has 158 valence electrons. The lowest BCUT2D eigenvalue weighted by Crippen LogP contribution is -2.36. The highest BCUT2D eigenvalue weighted by Gasteiger charge is 2.23. The normalized spacial score (nSPS) is 12.5. The van der Waals surface area contributed by atoms with E-state index < -0.39 is 34.5 Å². The average molecular weight is 423 g/mol. The number of anilines is 1. The maximum atomic E-state index is 12.4. The van der Waals surface area contributed by atoms with Gasteiger partial charge in [0.05, 0.1) is 22.0 Å². The van der Waals surface area contributed by atoms with Gasteiger partial charge in [0, 0.05) is 7.05 Å². The molecule has 10 heteroatoms.